The minimum atomic E-state index is -0.446. The van der Waals surface area contributed by atoms with Crippen molar-refractivity contribution < 1.29 is 4.79 Å². The summed E-state index contributed by atoms with van der Waals surface area (Å²) in [5.74, 6) is 0.809. The molecule has 0 atom stereocenters. The van der Waals surface area contributed by atoms with Crippen molar-refractivity contribution in [3.8, 4) is 11.4 Å². The van der Waals surface area contributed by atoms with Crippen molar-refractivity contribution in [1.29, 1.82) is 0 Å². The summed E-state index contributed by atoms with van der Waals surface area (Å²) < 4.78 is 0. The molecule has 1 aromatic carbocycles. The molecule has 2 aromatic rings. The molecule has 1 heterocycles. The molecule has 0 unspecified atom stereocenters. The highest BCUT2D eigenvalue weighted by molar-refractivity contribution is 6.67. The van der Waals surface area contributed by atoms with Gasteiger partial charge in [0.25, 0.3) is 5.24 Å². The van der Waals surface area contributed by atoms with Crippen LogP contribution in [0.3, 0.4) is 0 Å². The number of carbonyl (C=O) groups excluding carboxylic acids is 1. The van der Waals surface area contributed by atoms with E-state index in [9.17, 15) is 4.79 Å². The van der Waals surface area contributed by atoms with E-state index in [4.69, 9.17) is 11.6 Å². The van der Waals surface area contributed by atoms with E-state index in [-0.39, 0.29) is 0 Å². The molecule has 16 heavy (non-hydrogen) atoms. The number of hydrogen-bond acceptors (Lipinski definition) is 2. The van der Waals surface area contributed by atoms with Gasteiger partial charge in [-0.2, -0.15) is 0 Å². The van der Waals surface area contributed by atoms with Crippen LogP contribution in [0.1, 0.15) is 21.7 Å². The monoisotopic (exact) mass is 234 g/mol. The second-order valence-electron chi connectivity index (χ2n) is 3.65. The normalized spacial score (nSPS) is 10.4. The van der Waals surface area contributed by atoms with Gasteiger partial charge in [-0.25, -0.2) is 4.98 Å². The van der Waals surface area contributed by atoms with Gasteiger partial charge in [0.15, 0.2) is 0 Å². The zero-order valence-corrected chi connectivity index (χ0v) is 9.80. The fraction of sp³-hybridized carbons (Fsp3) is 0.167. The number of rotatable bonds is 2. The number of nitrogens with one attached hydrogen (secondary N) is 1. The Morgan fingerprint density at radius 1 is 1.25 bits per heavy atom. The van der Waals surface area contributed by atoms with Crippen molar-refractivity contribution in [3.05, 3.63) is 41.2 Å². The van der Waals surface area contributed by atoms with Crippen LogP contribution in [0.2, 0.25) is 0 Å². The third kappa shape index (κ3) is 1.99. The Morgan fingerprint density at radius 2 is 1.88 bits per heavy atom. The van der Waals surface area contributed by atoms with E-state index in [0.717, 1.165) is 22.8 Å². The van der Waals surface area contributed by atoms with Crippen LogP contribution in [0.15, 0.2) is 24.3 Å². The van der Waals surface area contributed by atoms with Crippen molar-refractivity contribution in [3.63, 3.8) is 0 Å². The highest BCUT2D eigenvalue weighted by Crippen LogP contribution is 2.18. The first-order valence-corrected chi connectivity index (χ1v) is 5.29. The lowest BCUT2D eigenvalue weighted by atomic mass is 10.1. The minimum Gasteiger partial charge on any atom is -0.342 e. The lowest BCUT2D eigenvalue weighted by Gasteiger charge is -1.97. The molecule has 0 aliphatic rings. The van der Waals surface area contributed by atoms with Gasteiger partial charge < -0.3 is 4.98 Å². The Labute approximate surface area is 98.5 Å². The molecule has 2 rings (SSSR count). The van der Waals surface area contributed by atoms with Crippen molar-refractivity contribution in [2.24, 2.45) is 0 Å². The third-order valence-electron chi connectivity index (χ3n) is 2.51. The first kappa shape index (κ1) is 10.9. The van der Waals surface area contributed by atoms with E-state index in [2.05, 4.69) is 9.97 Å². The second-order valence-corrected chi connectivity index (χ2v) is 3.99. The largest absolute Gasteiger partial charge is 0.342 e. The van der Waals surface area contributed by atoms with Crippen molar-refractivity contribution in [2.75, 3.05) is 0 Å². The summed E-state index contributed by atoms with van der Waals surface area (Å²) in [5, 5.41) is -0.446. The van der Waals surface area contributed by atoms with Gasteiger partial charge >= 0.3 is 0 Å². The maximum Gasteiger partial charge on any atom is 0.252 e. The molecule has 0 aliphatic heterocycles. The molecule has 1 aromatic heterocycles. The number of aromatic amines is 1. The van der Waals surface area contributed by atoms with E-state index in [0.29, 0.717) is 5.56 Å². The van der Waals surface area contributed by atoms with Crippen LogP contribution in [0, 0.1) is 13.8 Å². The van der Waals surface area contributed by atoms with Gasteiger partial charge in [-0.05, 0) is 37.6 Å². The van der Waals surface area contributed by atoms with Crippen LogP contribution < -0.4 is 0 Å². The van der Waals surface area contributed by atoms with Crippen LogP contribution in [-0.2, 0) is 0 Å². The van der Waals surface area contributed by atoms with Crippen LogP contribution in [0.4, 0.5) is 0 Å². The predicted octanol–water partition coefficient (Wildman–Crippen LogP) is 3.07. The van der Waals surface area contributed by atoms with E-state index in [1.165, 1.54) is 0 Å². The van der Waals surface area contributed by atoms with Gasteiger partial charge in [-0.15, -0.1) is 0 Å². The molecule has 0 fully saturated rings. The van der Waals surface area contributed by atoms with Crippen molar-refractivity contribution in [2.45, 2.75) is 13.8 Å². The topological polar surface area (TPSA) is 45.8 Å². The molecule has 0 radical (unpaired) electrons. The average molecular weight is 235 g/mol. The van der Waals surface area contributed by atoms with E-state index >= 15 is 0 Å². The molecule has 1 N–H and O–H groups in total. The molecule has 82 valence electrons. The lowest BCUT2D eigenvalue weighted by molar-refractivity contribution is 0.108. The Morgan fingerprint density at radius 3 is 2.31 bits per heavy atom. The van der Waals surface area contributed by atoms with Gasteiger partial charge in [0.2, 0.25) is 0 Å². The van der Waals surface area contributed by atoms with Crippen LogP contribution in [0.5, 0.6) is 0 Å². The second kappa shape index (κ2) is 4.10. The first-order valence-electron chi connectivity index (χ1n) is 4.91. The van der Waals surface area contributed by atoms with Gasteiger partial charge in [0.05, 0.1) is 5.69 Å². The predicted molar refractivity (Wildman–Crippen MR) is 63.7 cm³/mol. The van der Waals surface area contributed by atoms with Crippen molar-refractivity contribution >= 4 is 16.8 Å². The molecular weight excluding hydrogens is 224 g/mol. The molecule has 0 spiro atoms. The SMILES string of the molecule is Cc1nc(-c2ccc(C(=O)Cl)cc2)[nH]c1C. The summed E-state index contributed by atoms with van der Waals surface area (Å²) >= 11 is 5.37. The Kier molecular flexibility index (Phi) is 2.79. The maximum atomic E-state index is 10.9. The fourth-order valence-electron chi connectivity index (χ4n) is 1.44. The molecule has 0 saturated heterocycles. The lowest BCUT2D eigenvalue weighted by Crippen LogP contribution is -1.88. The fourth-order valence-corrected chi connectivity index (χ4v) is 1.57. The van der Waals surface area contributed by atoms with Gasteiger partial charge in [-0.1, -0.05) is 12.1 Å². The summed E-state index contributed by atoms with van der Waals surface area (Å²) in [5.41, 5.74) is 3.46. The summed E-state index contributed by atoms with van der Waals surface area (Å²) in [6, 6.07) is 7.04. The number of nitrogens with zero attached hydrogens (tertiary/aromatic N) is 1. The third-order valence-corrected chi connectivity index (χ3v) is 2.73. The van der Waals surface area contributed by atoms with E-state index in [1.54, 1.807) is 12.1 Å². The Bertz CT molecular complexity index is 509. The number of halogens is 1. The molecule has 3 nitrogen and oxygen atoms in total. The number of carbonyl (C=O) groups is 1. The molecule has 0 saturated carbocycles. The molecule has 0 amide bonds. The van der Waals surface area contributed by atoms with Crippen molar-refractivity contribution in [1.82, 2.24) is 9.97 Å². The number of H-pyrrole nitrogens is 1. The van der Waals surface area contributed by atoms with E-state index in [1.807, 2.05) is 26.0 Å². The Hall–Kier alpha value is -1.61. The summed E-state index contributed by atoms with van der Waals surface area (Å²) in [6.45, 7) is 3.93. The standard InChI is InChI=1S/C12H11ClN2O/c1-7-8(2)15-12(14-7)10-5-3-9(4-6-10)11(13)16/h3-6H,1-2H3,(H,14,15). The number of hydrogen-bond donors (Lipinski definition) is 1. The summed E-state index contributed by atoms with van der Waals surface area (Å²) in [7, 11) is 0. The Balaban J connectivity index is 2.38. The highest BCUT2D eigenvalue weighted by atomic mass is 35.5. The summed E-state index contributed by atoms with van der Waals surface area (Å²) in [6.07, 6.45) is 0. The molecule has 0 bridgehead atoms. The molecule has 4 heteroatoms. The first-order chi connectivity index (χ1) is 7.58. The average Bonchev–Trinajstić information content (AvgIpc) is 2.59. The number of benzene rings is 1. The number of imidazole rings is 1. The van der Waals surface area contributed by atoms with Gasteiger partial charge in [0, 0.05) is 16.8 Å². The van der Waals surface area contributed by atoms with Crippen LogP contribution >= 0.6 is 11.6 Å². The maximum absolute atomic E-state index is 10.9. The zero-order valence-electron chi connectivity index (χ0n) is 9.04. The smallest absolute Gasteiger partial charge is 0.252 e. The van der Waals surface area contributed by atoms with Gasteiger partial charge in [0.1, 0.15) is 5.82 Å². The van der Waals surface area contributed by atoms with Gasteiger partial charge in [-0.3, -0.25) is 4.79 Å². The molecule has 0 aliphatic carbocycles. The zero-order chi connectivity index (χ0) is 11.7. The van der Waals surface area contributed by atoms with Crippen LogP contribution in [-0.4, -0.2) is 15.2 Å². The van der Waals surface area contributed by atoms with E-state index < -0.39 is 5.24 Å². The molecular formula is C12H11ClN2O. The highest BCUT2D eigenvalue weighted by Gasteiger charge is 2.06. The van der Waals surface area contributed by atoms with Crippen LogP contribution in [0.25, 0.3) is 11.4 Å². The quantitative estimate of drug-likeness (QED) is 0.812. The number of aromatic nitrogens is 2. The summed E-state index contributed by atoms with van der Waals surface area (Å²) in [4.78, 5) is 18.5. The number of aryl methyl sites for hydroxylation is 2. The minimum absolute atomic E-state index is 0.446.